The SMILES string of the molecule is CC(C)(CC12CC3CC(CC(C3)C1)C2)ON. The molecule has 0 aromatic heterocycles. The van der Waals surface area contributed by atoms with E-state index in [9.17, 15) is 0 Å². The molecule has 4 rings (SSSR count). The van der Waals surface area contributed by atoms with Crippen molar-refractivity contribution in [1.29, 1.82) is 0 Å². The summed E-state index contributed by atoms with van der Waals surface area (Å²) < 4.78 is 0. The molecule has 0 spiro atoms. The van der Waals surface area contributed by atoms with Gasteiger partial charge in [0.2, 0.25) is 0 Å². The quantitative estimate of drug-likeness (QED) is 0.745. The van der Waals surface area contributed by atoms with Crippen LogP contribution in [0.15, 0.2) is 0 Å². The summed E-state index contributed by atoms with van der Waals surface area (Å²) in [4.78, 5) is 5.18. The van der Waals surface area contributed by atoms with Crippen molar-refractivity contribution in [2.45, 2.75) is 64.4 Å². The van der Waals surface area contributed by atoms with Gasteiger partial charge in [0.15, 0.2) is 0 Å². The number of hydrogen-bond donors (Lipinski definition) is 1. The Hall–Kier alpha value is -0.0800. The minimum Gasteiger partial charge on any atom is -0.299 e. The summed E-state index contributed by atoms with van der Waals surface area (Å²) in [6.45, 7) is 4.29. The predicted molar refractivity (Wildman–Crippen MR) is 64.6 cm³/mol. The minimum absolute atomic E-state index is 0.133. The third-order valence-corrected chi connectivity index (χ3v) is 5.28. The topological polar surface area (TPSA) is 35.2 Å². The van der Waals surface area contributed by atoms with Gasteiger partial charge in [-0.2, -0.15) is 0 Å². The van der Waals surface area contributed by atoms with Crippen molar-refractivity contribution in [2.75, 3.05) is 0 Å². The van der Waals surface area contributed by atoms with E-state index in [1.807, 2.05) is 0 Å². The predicted octanol–water partition coefficient (Wildman–Crippen LogP) is 3.26. The second kappa shape index (κ2) is 3.46. The normalized spacial score (nSPS) is 46.3. The van der Waals surface area contributed by atoms with E-state index < -0.39 is 0 Å². The maximum Gasteiger partial charge on any atom is 0.0843 e. The minimum atomic E-state index is -0.133. The molecule has 0 atom stereocenters. The van der Waals surface area contributed by atoms with Gasteiger partial charge in [-0.1, -0.05) is 0 Å². The zero-order valence-corrected chi connectivity index (χ0v) is 10.7. The van der Waals surface area contributed by atoms with Crippen molar-refractivity contribution in [2.24, 2.45) is 29.1 Å². The van der Waals surface area contributed by atoms with Crippen LogP contribution in [0, 0.1) is 23.2 Å². The zero-order valence-electron chi connectivity index (χ0n) is 10.7. The average molecular weight is 223 g/mol. The molecule has 2 N–H and O–H groups in total. The van der Waals surface area contributed by atoms with Crippen LogP contribution in [0.4, 0.5) is 0 Å². The second-order valence-corrected chi connectivity index (χ2v) is 7.47. The first-order valence-electron chi connectivity index (χ1n) is 6.88. The van der Waals surface area contributed by atoms with Crippen LogP contribution in [0.25, 0.3) is 0 Å². The Bertz CT molecular complexity index is 249. The van der Waals surface area contributed by atoms with Gasteiger partial charge in [-0.15, -0.1) is 0 Å². The van der Waals surface area contributed by atoms with E-state index in [0.29, 0.717) is 5.41 Å². The lowest BCUT2D eigenvalue weighted by molar-refractivity contribution is -0.116. The molecule has 92 valence electrons. The Morgan fingerprint density at radius 3 is 1.88 bits per heavy atom. The van der Waals surface area contributed by atoms with Crippen LogP contribution in [0.1, 0.15) is 58.8 Å². The van der Waals surface area contributed by atoms with Crippen LogP contribution in [0.5, 0.6) is 0 Å². The van der Waals surface area contributed by atoms with Gasteiger partial charge in [-0.3, -0.25) is 4.84 Å². The molecule has 4 saturated carbocycles. The maximum atomic E-state index is 5.44. The molecule has 0 aromatic rings. The molecule has 4 aliphatic rings. The molecule has 4 fully saturated rings. The average Bonchev–Trinajstić information content (AvgIpc) is 2.13. The van der Waals surface area contributed by atoms with E-state index in [1.165, 1.54) is 44.9 Å². The fourth-order valence-electron chi connectivity index (χ4n) is 5.45. The van der Waals surface area contributed by atoms with Gasteiger partial charge in [0.05, 0.1) is 5.60 Å². The van der Waals surface area contributed by atoms with Crippen molar-refractivity contribution in [1.82, 2.24) is 0 Å². The number of rotatable bonds is 3. The summed E-state index contributed by atoms with van der Waals surface area (Å²) in [5, 5.41) is 0. The molecule has 2 heteroatoms. The molecular weight excluding hydrogens is 198 g/mol. The van der Waals surface area contributed by atoms with Crippen molar-refractivity contribution in [3.63, 3.8) is 0 Å². The highest BCUT2D eigenvalue weighted by Gasteiger charge is 2.52. The van der Waals surface area contributed by atoms with E-state index in [0.717, 1.165) is 17.8 Å². The highest BCUT2D eigenvalue weighted by Crippen LogP contribution is 2.62. The molecule has 0 unspecified atom stereocenters. The standard InChI is InChI=1S/C14H25NO/c1-13(2,16-15)9-14-6-10-3-11(7-14)5-12(4-10)8-14/h10-12H,3-9,15H2,1-2H3. The van der Waals surface area contributed by atoms with Gasteiger partial charge in [-0.25, -0.2) is 5.90 Å². The summed E-state index contributed by atoms with van der Waals surface area (Å²) in [5.74, 6) is 8.52. The monoisotopic (exact) mass is 223 g/mol. The van der Waals surface area contributed by atoms with Crippen LogP contribution in [0.2, 0.25) is 0 Å². The van der Waals surface area contributed by atoms with Crippen molar-refractivity contribution in [3.05, 3.63) is 0 Å². The summed E-state index contributed by atoms with van der Waals surface area (Å²) in [7, 11) is 0. The lowest BCUT2D eigenvalue weighted by Gasteiger charge is -2.58. The molecule has 16 heavy (non-hydrogen) atoms. The highest BCUT2D eigenvalue weighted by molar-refractivity contribution is 5.03. The first-order chi connectivity index (χ1) is 7.50. The summed E-state index contributed by atoms with van der Waals surface area (Å²) in [6, 6.07) is 0. The Kier molecular flexibility index (Phi) is 2.38. The van der Waals surface area contributed by atoms with E-state index >= 15 is 0 Å². The molecule has 0 radical (unpaired) electrons. The Morgan fingerprint density at radius 2 is 1.50 bits per heavy atom. The molecule has 4 bridgehead atoms. The van der Waals surface area contributed by atoms with Crippen molar-refractivity contribution in [3.8, 4) is 0 Å². The zero-order chi connectivity index (χ0) is 11.4. The van der Waals surface area contributed by atoms with Crippen LogP contribution in [-0.4, -0.2) is 5.60 Å². The summed E-state index contributed by atoms with van der Waals surface area (Å²) >= 11 is 0. The van der Waals surface area contributed by atoms with Gasteiger partial charge in [0, 0.05) is 0 Å². The van der Waals surface area contributed by atoms with E-state index in [-0.39, 0.29) is 5.60 Å². The molecule has 0 heterocycles. The van der Waals surface area contributed by atoms with Gasteiger partial charge < -0.3 is 0 Å². The highest BCUT2D eigenvalue weighted by atomic mass is 16.6. The second-order valence-electron chi connectivity index (χ2n) is 7.47. The van der Waals surface area contributed by atoms with Gasteiger partial charge in [-0.05, 0) is 82.0 Å². The Balaban J connectivity index is 1.78. The molecule has 0 amide bonds. The molecule has 0 saturated heterocycles. The van der Waals surface area contributed by atoms with Gasteiger partial charge in [0.1, 0.15) is 0 Å². The fourth-order valence-corrected chi connectivity index (χ4v) is 5.45. The lowest BCUT2D eigenvalue weighted by Crippen LogP contribution is -2.49. The van der Waals surface area contributed by atoms with Crippen LogP contribution < -0.4 is 5.90 Å². The lowest BCUT2D eigenvalue weighted by atomic mass is 9.48. The first kappa shape index (κ1) is 11.0. The smallest absolute Gasteiger partial charge is 0.0843 e. The fraction of sp³-hybridized carbons (Fsp3) is 1.00. The van der Waals surface area contributed by atoms with Gasteiger partial charge in [0.25, 0.3) is 0 Å². The van der Waals surface area contributed by atoms with Crippen LogP contribution in [0.3, 0.4) is 0 Å². The molecule has 2 nitrogen and oxygen atoms in total. The van der Waals surface area contributed by atoms with E-state index in [1.54, 1.807) is 0 Å². The largest absolute Gasteiger partial charge is 0.299 e. The maximum absolute atomic E-state index is 5.44. The van der Waals surface area contributed by atoms with Crippen molar-refractivity contribution < 1.29 is 4.84 Å². The summed E-state index contributed by atoms with van der Waals surface area (Å²) in [6.07, 6.45) is 10.1. The number of nitrogens with two attached hydrogens (primary N) is 1. The van der Waals surface area contributed by atoms with Crippen LogP contribution in [-0.2, 0) is 4.84 Å². The first-order valence-corrected chi connectivity index (χ1v) is 6.88. The molecule has 4 aliphatic carbocycles. The molecule has 0 aliphatic heterocycles. The Morgan fingerprint density at radius 1 is 1.06 bits per heavy atom. The van der Waals surface area contributed by atoms with E-state index in [4.69, 9.17) is 10.7 Å². The third kappa shape index (κ3) is 1.80. The summed E-state index contributed by atoms with van der Waals surface area (Å²) in [5.41, 5.74) is 0.448. The Labute approximate surface area is 98.9 Å². The molecular formula is C14H25NO. The van der Waals surface area contributed by atoms with Gasteiger partial charge >= 0.3 is 0 Å². The van der Waals surface area contributed by atoms with Crippen LogP contribution >= 0.6 is 0 Å². The van der Waals surface area contributed by atoms with E-state index in [2.05, 4.69) is 13.8 Å². The van der Waals surface area contributed by atoms with Crippen molar-refractivity contribution >= 4 is 0 Å². The number of hydrogen-bond acceptors (Lipinski definition) is 2. The molecule has 0 aromatic carbocycles. The third-order valence-electron chi connectivity index (χ3n) is 5.28.